The number of rotatable bonds is 4. The van der Waals surface area contributed by atoms with Gasteiger partial charge < -0.3 is 14.6 Å². The van der Waals surface area contributed by atoms with Crippen LogP contribution < -0.4 is 0 Å². The van der Waals surface area contributed by atoms with Crippen LogP contribution in [-0.2, 0) is 9.47 Å². The van der Waals surface area contributed by atoms with Crippen LogP contribution in [0.25, 0.3) is 0 Å². The lowest BCUT2D eigenvalue weighted by Crippen LogP contribution is -2.14. The SMILES string of the molecule is CC(O)COC(C)C.CCC1CO1. The molecule has 3 heteroatoms. The minimum Gasteiger partial charge on any atom is -0.391 e. The second-order valence-electron chi connectivity index (χ2n) is 3.59. The van der Waals surface area contributed by atoms with E-state index in [1.54, 1.807) is 6.92 Å². The third-order valence-electron chi connectivity index (χ3n) is 1.53. The number of aliphatic hydroxyl groups excluding tert-OH is 1. The predicted octanol–water partition coefficient (Wildman–Crippen LogP) is 1.59. The predicted molar refractivity (Wildman–Crippen MR) is 52.8 cm³/mol. The molecule has 1 N–H and O–H groups in total. The van der Waals surface area contributed by atoms with Gasteiger partial charge in [0.25, 0.3) is 0 Å². The smallest absolute Gasteiger partial charge is 0.0807 e. The average Bonchev–Trinajstić information content (AvgIpc) is 2.84. The lowest BCUT2D eigenvalue weighted by Gasteiger charge is -2.07. The van der Waals surface area contributed by atoms with Gasteiger partial charge in [0, 0.05) is 0 Å². The number of aliphatic hydroxyl groups is 1. The first-order valence-electron chi connectivity index (χ1n) is 4.97. The molecule has 80 valence electrons. The molecule has 0 amide bonds. The van der Waals surface area contributed by atoms with Gasteiger partial charge in [-0.2, -0.15) is 0 Å². The molecule has 1 rings (SSSR count). The van der Waals surface area contributed by atoms with Gasteiger partial charge in [-0.05, 0) is 27.2 Å². The van der Waals surface area contributed by atoms with Crippen LogP contribution in [0, 0.1) is 0 Å². The summed E-state index contributed by atoms with van der Waals surface area (Å²) in [5.41, 5.74) is 0. The van der Waals surface area contributed by atoms with Gasteiger partial charge in [-0.15, -0.1) is 0 Å². The van der Waals surface area contributed by atoms with Crippen molar-refractivity contribution in [2.75, 3.05) is 13.2 Å². The number of ether oxygens (including phenoxy) is 2. The summed E-state index contributed by atoms with van der Waals surface area (Å²) in [7, 11) is 0. The monoisotopic (exact) mass is 190 g/mol. The van der Waals surface area contributed by atoms with E-state index in [-0.39, 0.29) is 12.2 Å². The van der Waals surface area contributed by atoms with Crippen molar-refractivity contribution in [3.63, 3.8) is 0 Å². The Balaban J connectivity index is 0.000000243. The van der Waals surface area contributed by atoms with Crippen molar-refractivity contribution in [3.8, 4) is 0 Å². The van der Waals surface area contributed by atoms with E-state index in [0.717, 1.165) is 6.61 Å². The van der Waals surface area contributed by atoms with Crippen LogP contribution in [0.2, 0.25) is 0 Å². The van der Waals surface area contributed by atoms with Crippen molar-refractivity contribution in [1.29, 1.82) is 0 Å². The Kier molecular flexibility index (Phi) is 7.23. The van der Waals surface area contributed by atoms with E-state index in [1.165, 1.54) is 6.42 Å². The molecule has 0 aromatic carbocycles. The average molecular weight is 190 g/mol. The van der Waals surface area contributed by atoms with Crippen LogP contribution in [0.4, 0.5) is 0 Å². The molecule has 1 heterocycles. The highest BCUT2D eigenvalue weighted by Gasteiger charge is 2.18. The molecule has 2 atom stereocenters. The Hall–Kier alpha value is -0.120. The number of hydrogen-bond donors (Lipinski definition) is 1. The molecule has 0 spiro atoms. The molecule has 0 radical (unpaired) electrons. The summed E-state index contributed by atoms with van der Waals surface area (Å²) in [6.45, 7) is 9.19. The largest absolute Gasteiger partial charge is 0.391 e. The first-order valence-corrected chi connectivity index (χ1v) is 4.97. The molecule has 1 saturated heterocycles. The van der Waals surface area contributed by atoms with Crippen molar-refractivity contribution in [1.82, 2.24) is 0 Å². The molecule has 0 aromatic rings. The van der Waals surface area contributed by atoms with Gasteiger partial charge in [-0.3, -0.25) is 0 Å². The van der Waals surface area contributed by atoms with E-state index < -0.39 is 0 Å². The maximum atomic E-state index is 8.68. The molecule has 13 heavy (non-hydrogen) atoms. The van der Waals surface area contributed by atoms with E-state index >= 15 is 0 Å². The summed E-state index contributed by atoms with van der Waals surface area (Å²) in [6, 6.07) is 0. The summed E-state index contributed by atoms with van der Waals surface area (Å²) in [4.78, 5) is 0. The molecule has 0 saturated carbocycles. The second kappa shape index (κ2) is 7.30. The Morgan fingerprint density at radius 3 is 2.08 bits per heavy atom. The molecule has 0 aromatic heterocycles. The standard InChI is InChI=1S/C6H14O2.C4H8O/c1-5(2)8-4-6(3)7;1-2-4-3-5-4/h5-7H,4H2,1-3H3;4H,2-3H2,1H3. The highest BCUT2D eigenvalue weighted by Crippen LogP contribution is 2.10. The maximum Gasteiger partial charge on any atom is 0.0807 e. The van der Waals surface area contributed by atoms with E-state index in [0.29, 0.717) is 12.7 Å². The summed E-state index contributed by atoms with van der Waals surface area (Å²) >= 11 is 0. The minimum atomic E-state index is -0.336. The maximum absolute atomic E-state index is 8.68. The van der Waals surface area contributed by atoms with Crippen LogP contribution in [0.5, 0.6) is 0 Å². The lowest BCUT2D eigenvalue weighted by atomic mass is 10.4. The Bertz CT molecular complexity index is 101. The minimum absolute atomic E-state index is 0.226. The first kappa shape index (κ1) is 12.9. The van der Waals surface area contributed by atoms with Crippen LogP contribution in [0.3, 0.4) is 0 Å². The molecular formula is C10H22O3. The van der Waals surface area contributed by atoms with Crippen LogP contribution in [0.15, 0.2) is 0 Å². The third kappa shape index (κ3) is 11.9. The van der Waals surface area contributed by atoms with E-state index in [1.807, 2.05) is 13.8 Å². The summed E-state index contributed by atoms with van der Waals surface area (Å²) in [5.74, 6) is 0. The quantitative estimate of drug-likeness (QED) is 0.684. The van der Waals surface area contributed by atoms with Crippen LogP contribution in [-0.4, -0.2) is 36.6 Å². The fourth-order valence-electron chi connectivity index (χ4n) is 0.635. The molecule has 3 nitrogen and oxygen atoms in total. The van der Waals surface area contributed by atoms with Crippen molar-refractivity contribution >= 4 is 0 Å². The Morgan fingerprint density at radius 2 is 2.00 bits per heavy atom. The molecule has 1 aliphatic heterocycles. The molecule has 1 aliphatic rings. The van der Waals surface area contributed by atoms with Crippen molar-refractivity contribution < 1.29 is 14.6 Å². The molecule has 1 fully saturated rings. The Morgan fingerprint density at radius 1 is 1.46 bits per heavy atom. The van der Waals surface area contributed by atoms with Crippen molar-refractivity contribution in [2.45, 2.75) is 52.4 Å². The van der Waals surface area contributed by atoms with Gasteiger partial charge in [0.05, 0.1) is 31.5 Å². The first-order chi connectivity index (χ1) is 6.06. The zero-order valence-corrected chi connectivity index (χ0v) is 9.12. The number of hydrogen-bond acceptors (Lipinski definition) is 3. The summed E-state index contributed by atoms with van der Waals surface area (Å²) < 4.78 is 9.91. The van der Waals surface area contributed by atoms with E-state index in [2.05, 4.69) is 6.92 Å². The van der Waals surface area contributed by atoms with Gasteiger partial charge in [0.2, 0.25) is 0 Å². The van der Waals surface area contributed by atoms with Crippen molar-refractivity contribution in [3.05, 3.63) is 0 Å². The zero-order valence-electron chi connectivity index (χ0n) is 9.12. The fourth-order valence-corrected chi connectivity index (χ4v) is 0.635. The number of epoxide rings is 1. The van der Waals surface area contributed by atoms with Gasteiger partial charge >= 0.3 is 0 Å². The van der Waals surface area contributed by atoms with E-state index in [4.69, 9.17) is 14.6 Å². The van der Waals surface area contributed by atoms with Crippen LogP contribution in [0.1, 0.15) is 34.1 Å². The zero-order chi connectivity index (χ0) is 10.3. The normalized spacial score (nSPS) is 22.2. The Labute approximate surface area is 81.0 Å². The highest BCUT2D eigenvalue weighted by molar-refractivity contribution is 4.64. The summed E-state index contributed by atoms with van der Waals surface area (Å²) in [6.07, 6.45) is 1.72. The molecular weight excluding hydrogens is 168 g/mol. The van der Waals surface area contributed by atoms with E-state index in [9.17, 15) is 0 Å². The van der Waals surface area contributed by atoms with Gasteiger partial charge in [0.15, 0.2) is 0 Å². The fraction of sp³-hybridized carbons (Fsp3) is 1.00. The molecule has 0 aliphatic carbocycles. The topological polar surface area (TPSA) is 42.0 Å². The van der Waals surface area contributed by atoms with Gasteiger partial charge in [-0.25, -0.2) is 0 Å². The highest BCUT2D eigenvalue weighted by atomic mass is 16.6. The molecule has 0 bridgehead atoms. The second-order valence-corrected chi connectivity index (χ2v) is 3.59. The third-order valence-corrected chi connectivity index (χ3v) is 1.53. The van der Waals surface area contributed by atoms with Crippen molar-refractivity contribution in [2.24, 2.45) is 0 Å². The van der Waals surface area contributed by atoms with Crippen LogP contribution >= 0.6 is 0 Å². The summed E-state index contributed by atoms with van der Waals surface area (Å²) in [5, 5.41) is 8.68. The lowest BCUT2D eigenvalue weighted by molar-refractivity contribution is 0.0134. The van der Waals surface area contributed by atoms with Gasteiger partial charge in [0.1, 0.15) is 0 Å². The molecule has 2 unspecified atom stereocenters. The van der Waals surface area contributed by atoms with Gasteiger partial charge in [-0.1, -0.05) is 6.92 Å².